The predicted octanol–water partition coefficient (Wildman–Crippen LogP) is 3.58. The smallest absolute Gasteiger partial charge is 0.378 e. The molecule has 0 spiro atoms. The van der Waals surface area contributed by atoms with E-state index < -0.39 is 28.6 Å². The van der Waals surface area contributed by atoms with Crippen molar-refractivity contribution in [3.05, 3.63) is 34.1 Å². The van der Waals surface area contributed by atoms with E-state index in [4.69, 9.17) is 16.3 Å². The van der Waals surface area contributed by atoms with Gasteiger partial charge in [0, 0.05) is 12.1 Å². The van der Waals surface area contributed by atoms with Crippen LogP contribution in [0.3, 0.4) is 0 Å². The fraction of sp³-hybridized carbons (Fsp3) is 0.455. The van der Waals surface area contributed by atoms with E-state index in [2.05, 4.69) is 5.32 Å². The van der Waals surface area contributed by atoms with E-state index in [1.807, 2.05) is 0 Å². The highest BCUT2D eigenvalue weighted by atomic mass is 35.5. The van der Waals surface area contributed by atoms with Crippen LogP contribution in [0.15, 0.2) is 12.1 Å². The van der Waals surface area contributed by atoms with Gasteiger partial charge in [-0.25, -0.2) is 4.39 Å². The molecule has 1 fully saturated rings. The summed E-state index contributed by atoms with van der Waals surface area (Å²) in [4.78, 5) is 0. The fourth-order valence-corrected chi connectivity index (χ4v) is 2.02. The monoisotopic (exact) mass is 319 g/mol. The molecular formula is C11H11Cl2F4NO. The molecule has 0 aliphatic carbocycles. The Morgan fingerprint density at radius 1 is 1.32 bits per heavy atom. The van der Waals surface area contributed by atoms with E-state index >= 15 is 0 Å². The third kappa shape index (κ3) is 3.72. The van der Waals surface area contributed by atoms with Gasteiger partial charge in [-0.05, 0) is 12.1 Å². The number of morpholine rings is 1. The molecule has 0 saturated carbocycles. The van der Waals surface area contributed by atoms with E-state index in [9.17, 15) is 17.6 Å². The van der Waals surface area contributed by atoms with Crippen molar-refractivity contribution in [3.8, 4) is 0 Å². The van der Waals surface area contributed by atoms with Crippen molar-refractivity contribution >= 4 is 24.0 Å². The molecule has 8 heteroatoms. The average Bonchev–Trinajstić information content (AvgIpc) is 2.32. The molecule has 1 aromatic carbocycles. The molecule has 2 nitrogen and oxygen atoms in total. The number of nitrogens with one attached hydrogen (secondary N) is 1. The highest BCUT2D eigenvalue weighted by Gasteiger charge is 2.33. The molecule has 0 amide bonds. The molecule has 1 saturated heterocycles. The second-order valence-corrected chi connectivity index (χ2v) is 4.35. The van der Waals surface area contributed by atoms with Gasteiger partial charge >= 0.3 is 6.18 Å². The zero-order valence-electron chi connectivity index (χ0n) is 9.56. The van der Waals surface area contributed by atoms with Crippen molar-refractivity contribution in [2.24, 2.45) is 0 Å². The molecule has 1 N–H and O–H groups in total. The van der Waals surface area contributed by atoms with Crippen LogP contribution < -0.4 is 5.32 Å². The molecule has 0 bridgehead atoms. The molecule has 1 aliphatic heterocycles. The van der Waals surface area contributed by atoms with Crippen LogP contribution in [0.5, 0.6) is 0 Å². The van der Waals surface area contributed by atoms with Crippen LogP contribution in [-0.4, -0.2) is 19.8 Å². The molecule has 0 aromatic heterocycles. The minimum Gasteiger partial charge on any atom is -0.378 e. The largest absolute Gasteiger partial charge is 0.416 e. The second kappa shape index (κ2) is 6.26. The van der Waals surface area contributed by atoms with Crippen molar-refractivity contribution in [2.75, 3.05) is 19.8 Å². The average molecular weight is 320 g/mol. The third-order valence-electron chi connectivity index (χ3n) is 2.68. The first-order valence-corrected chi connectivity index (χ1v) is 5.64. The zero-order chi connectivity index (χ0) is 13.3. The molecule has 19 heavy (non-hydrogen) atoms. The number of halogens is 6. The summed E-state index contributed by atoms with van der Waals surface area (Å²) in [6.45, 7) is 1.03. The highest BCUT2D eigenvalue weighted by Crippen LogP contribution is 2.35. The van der Waals surface area contributed by atoms with Gasteiger partial charge in [0.05, 0.1) is 29.8 Å². The lowest BCUT2D eigenvalue weighted by Crippen LogP contribution is -2.35. The standard InChI is InChI=1S/C11H10ClF4NO.ClH/c12-8-4-6(11(14,15)16)3-7(10(8)13)9-5-18-2-1-17-9;/h3-4,9,17H,1-2,5H2;1H/t9-;/m1./s1. The summed E-state index contributed by atoms with van der Waals surface area (Å²) in [5.41, 5.74) is -1.08. The minimum atomic E-state index is -4.55. The lowest BCUT2D eigenvalue weighted by atomic mass is 10.0. The van der Waals surface area contributed by atoms with Crippen LogP contribution in [0.25, 0.3) is 0 Å². The Kier molecular flexibility index (Phi) is 5.43. The first kappa shape index (κ1) is 16.5. The summed E-state index contributed by atoms with van der Waals surface area (Å²) in [6, 6.07) is 0.746. The van der Waals surface area contributed by atoms with Gasteiger partial charge in [-0.15, -0.1) is 12.4 Å². The van der Waals surface area contributed by atoms with Crippen molar-refractivity contribution < 1.29 is 22.3 Å². The summed E-state index contributed by atoms with van der Waals surface area (Å²) in [5, 5.41) is 2.36. The maximum atomic E-state index is 13.8. The van der Waals surface area contributed by atoms with Gasteiger partial charge in [-0.2, -0.15) is 13.2 Å². The molecule has 1 atom stereocenters. The summed E-state index contributed by atoms with van der Waals surface area (Å²) >= 11 is 5.50. The van der Waals surface area contributed by atoms with E-state index in [0.29, 0.717) is 19.2 Å². The summed E-state index contributed by atoms with van der Waals surface area (Å²) < 4.78 is 56.7. The normalized spacial score (nSPS) is 19.9. The Hall–Kier alpha value is -0.560. The van der Waals surface area contributed by atoms with Crippen molar-refractivity contribution in [3.63, 3.8) is 0 Å². The Balaban J connectivity index is 0.00000180. The van der Waals surface area contributed by atoms with Gasteiger partial charge in [0.2, 0.25) is 0 Å². The van der Waals surface area contributed by atoms with Gasteiger partial charge in [0.1, 0.15) is 5.82 Å². The summed E-state index contributed by atoms with van der Waals surface area (Å²) in [7, 11) is 0. The van der Waals surface area contributed by atoms with Crippen molar-refractivity contribution in [2.45, 2.75) is 12.2 Å². The molecule has 0 unspecified atom stereocenters. The first-order chi connectivity index (χ1) is 8.39. The van der Waals surface area contributed by atoms with Crippen LogP contribution in [0.1, 0.15) is 17.2 Å². The first-order valence-electron chi connectivity index (χ1n) is 5.27. The number of rotatable bonds is 1. The second-order valence-electron chi connectivity index (χ2n) is 3.94. The number of hydrogen-bond acceptors (Lipinski definition) is 2. The van der Waals surface area contributed by atoms with E-state index in [-0.39, 0.29) is 24.6 Å². The molecule has 1 aromatic rings. The van der Waals surface area contributed by atoms with Crippen LogP contribution >= 0.6 is 24.0 Å². The predicted molar refractivity (Wildman–Crippen MR) is 65.2 cm³/mol. The zero-order valence-corrected chi connectivity index (χ0v) is 11.1. The Bertz CT molecular complexity index is 447. The minimum absolute atomic E-state index is 0. The Labute approximate surface area is 118 Å². The van der Waals surface area contributed by atoms with Crippen molar-refractivity contribution in [1.82, 2.24) is 5.32 Å². The summed E-state index contributed by atoms with van der Waals surface area (Å²) in [5.74, 6) is -0.840. The van der Waals surface area contributed by atoms with Crippen LogP contribution in [-0.2, 0) is 10.9 Å². The van der Waals surface area contributed by atoms with E-state index in [0.717, 1.165) is 6.07 Å². The third-order valence-corrected chi connectivity index (χ3v) is 2.96. The quantitative estimate of drug-likeness (QED) is 0.799. The van der Waals surface area contributed by atoms with Crippen LogP contribution in [0.4, 0.5) is 17.6 Å². The molecule has 108 valence electrons. The van der Waals surface area contributed by atoms with Gasteiger partial charge < -0.3 is 10.1 Å². The Morgan fingerprint density at radius 3 is 2.53 bits per heavy atom. The SMILES string of the molecule is Cl.Fc1c(Cl)cc(C(F)(F)F)cc1[C@H]1COCCN1. The number of alkyl halides is 3. The molecule has 1 aliphatic rings. The molecule has 2 rings (SSSR count). The van der Waals surface area contributed by atoms with Gasteiger partial charge in [0.25, 0.3) is 0 Å². The van der Waals surface area contributed by atoms with Crippen LogP contribution in [0.2, 0.25) is 5.02 Å². The van der Waals surface area contributed by atoms with Gasteiger partial charge in [-0.3, -0.25) is 0 Å². The van der Waals surface area contributed by atoms with E-state index in [1.165, 1.54) is 0 Å². The fourth-order valence-electron chi connectivity index (χ4n) is 1.79. The molecular weight excluding hydrogens is 309 g/mol. The number of hydrogen-bond donors (Lipinski definition) is 1. The maximum absolute atomic E-state index is 13.8. The van der Waals surface area contributed by atoms with Crippen LogP contribution in [0, 0.1) is 5.82 Å². The maximum Gasteiger partial charge on any atom is 0.416 e. The summed E-state index contributed by atoms with van der Waals surface area (Å²) in [6.07, 6.45) is -4.55. The molecule has 0 radical (unpaired) electrons. The van der Waals surface area contributed by atoms with Crippen molar-refractivity contribution in [1.29, 1.82) is 0 Å². The van der Waals surface area contributed by atoms with E-state index in [1.54, 1.807) is 0 Å². The van der Waals surface area contributed by atoms with Gasteiger partial charge in [-0.1, -0.05) is 11.6 Å². The molecule has 1 heterocycles. The number of benzene rings is 1. The lowest BCUT2D eigenvalue weighted by Gasteiger charge is -2.25. The lowest BCUT2D eigenvalue weighted by molar-refractivity contribution is -0.137. The number of ether oxygens (including phenoxy) is 1. The van der Waals surface area contributed by atoms with Gasteiger partial charge in [0.15, 0.2) is 0 Å². The Morgan fingerprint density at radius 2 is 2.00 bits per heavy atom. The topological polar surface area (TPSA) is 21.3 Å². The highest BCUT2D eigenvalue weighted by molar-refractivity contribution is 6.30.